The van der Waals surface area contributed by atoms with Crippen molar-refractivity contribution in [3.8, 4) is 0 Å². The first-order valence-corrected chi connectivity index (χ1v) is 13.3. The van der Waals surface area contributed by atoms with Crippen molar-refractivity contribution in [2.45, 2.75) is 111 Å². The van der Waals surface area contributed by atoms with Crippen LogP contribution in [0.25, 0.3) is 0 Å². The molecule has 0 radical (unpaired) electrons. The van der Waals surface area contributed by atoms with Crippen molar-refractivity contribution < 1.29 is 24.5 Å². The number of carbonyl (C=O) groups is 1. The van der Waals surface area contributed by atoms with Gasteiger partial charge in [0.2, 0.25) is 0 Å². The minimum atomic E-state index is -1.36. The topological polar surface area (TPSA) is 99.8 Å². The summed E-state index contributed by atoms with van der Waals surface area (Å²) in [7, 11) is 0. The Hall–Kier alpha value is -1.24. The van der Waals surface area contributed by atoms with Crippen molar-refractivity contribution in [2.75, 3.05) is 13.2 Å². The van der Waals surface area contributed by atoms with Crippen LogP contribution in [0.3, 0.4) is 0 Å². The van der Waals surface area contributed by atoms with Gasteiger partial charge in [0, 0.05) is 12.1 Å². The highest BCUT2D eigenvalue weighted by Gasteiger charge is 2.51. The molecule has 2 aliphatic carbocycles. The second-order valence-electron chi connectivity index (χ2n) is 12.0. The molecule has 6 nitrogen and oxygen atoms in total. The van der Waals surface area contributed by atoms with Crippen LogP contribution in [-0.4, -0.2) is 46.8 Å². The van der Waals surface area contributed by atoms with Crippen molar-refractivity contribution in [2.24, 2.45) is 29.1 Å². The van der Waals surface area contributed by atoms with E-state index in [9.17, 15) is 15.0 Å². The van der Waals surface area contributed by atoms with Gasteiger partial charge in [-0.3, -0.25) is 4.79 Å². The summed E-state index contributed by atoms with van der Waals surface area (Å²) in [5.74, 6) is 1.02. The van der Waals surface area contributed by atoms with E-state index in [0.717, 1.165) is 51.4 Å². The van der Waals surface area contributed by atoms with Crippen LogP contribution < -0.4 is 0 Å². The molecule has 6 heteroatoms. The predicted molar refractivity (Wildman–Crippen MR) is 136 cm³/mol. The molecule has 34 heavy (non-hydrogen) atoms. The van der Waals surface area contributed by atoms with Crippen molar-refractivity contribution in [3.05, 3.63) is 11.8 Å². The van der Waals surface area contributed by atoms with Crippen LogP contribution in [0.15, 0.2) is 11.8 Å². The summed E-state index contributed by atoms with van der Waals surface area (Å²) in [5.41, 5.74) is -2.69. The summed E-state index contributed by atoms with van der Waals surface area (Å²) < 4.78 is 12.8. The summed E-state index contributed by atoms with van der Waals surface area (Å²) in [4.78, 5) is 13.1. The zero-order chi connectivity index (χ0) is 25.6. The quantitative estimate of drug-likeness (QED) is 0.191. The molecule has 196 valence electrons. The number of esters is 1. The second kappa shape index (κ2) is 12.1. The number of hydrogen-bond acceptors (Lipinski definition) is 6. The molecule has 2 rings (SSSR count). The average Bonchev–Trinajstić information content (AvgIpc) is 2.77. The van der Waals surface area contributed by atoms with Crippen molar-refractivity contribution >= 4 is 12.2 Å². The maximum absolute atomic E-state index is 13.1. The van der Waals surface area contributed by atoms with Gasteiger partial charge in [0.15, 0.2) is 0 Å². The number of hydrogen-bond donors (Lipinski definition) is 3. The normalized spacial score (nSPS) is 30.5. The van der Waals surface area contributed by atoms with E-state index in [2.05, 4.69) is 26.8 Å². The second-order valence-corrected chi connectivity index (χ2v) is 12.0. The Labute approximate surface area is 207 Å². The third kappa shape index (κ3) is 7.14. The molecule has 5 unspecified atom stereocenters. The average molecular weight is 480 g/mol. The van der Waals surface area contributed by atoms with Crippen molar-refractivity contribution in [1.29, 1.82) is 5.41 Å². The number of unbranched alkanes of at least 4 members (excludes halogenated alkanes) is 2. The molecule has 0 saturated heterocycles. The summed E-state index contributed by atoms with van der Waals surface area (Å²) >= 11 is 0. The van der Waals surface area contributed by atoms with Gasteiger partial charge in [0.05, 0.1) is 24.4 Å². The van der Waals surface area contributed by atoms with Crippen molar-refractivity contribution in [3.63, 3.8) is 0 Å². The Morgan fingerprint density at radius 1 is 1.24 bits per heavy atom. The Morgan fingerprint density at radius 3 is 2.47 bits per heavy atom. The highest BCUT2D eigenvalue weighted by atomic mass is 16.6. The first-order chi connectivity index (χ1) is 15.9. The molecule has 0 bridgehead atoms. The Kier molecular flexibility index (Phi) is 10.3. The lowest BCUT2D eigenvalue weighted by Crippen LogP contribution is -2.53. The Balaban J connectivity index is 2.51. The van der Waals surface area contributed by atoms with Crippen LogP contribution in [0.1, 0.15) is 99.3 Å². The molecule has 0 spiro atoms. The molecule has 2 aliphatic rings. The molecule has 0 heterocycles. The third-order valence-electron chi connectivity index (χ3n) is 7.90. The fourth-order valence-corrected chi connectivity index (χ4v) is 5.94. The monoisotopic (exact) mass is 479 g/mol. The molecule has 5 atom stereocenters. The van der Waals surface area contributed by atoms with Crippen LogP contribution >= 0.6 is 0 Å². The molecular weight excluding hydrogens is 430 g/mol. The lowest BCUT2D eigenvalue weighted by atomic mass is 9.63. The van der Waals surface area contributed by atoms with Crippen LogP contribution in [-0.2, 0) is 14.3 Å². The van der Waals surface area contributed by atoms with Gasteiger partial charge in [-0.2, -0.15) is 0 Å². The summed E-state index contributed by atoms with van der Waals surface area (Å²) in [6.07, 6.45) is 13.1. The van der Waals surface area contributed by atoms with Gasteiger partial charge in [-0.05, 0) is 77.2 Å². The van der Waals surface area contributed by atoms with E-state index in [1.54, 1.807) is 0 Å². The summed E-state index contributed by atoms with van der Waals surface area (Å²) in [6, 6.07) is 0. The van der Waals surface area contributed by atoms with Gasteiger partial charge in [0.1, 0.15) is 11.2 Å². The van der Waals surface area contributed by atoms with E-state index in [4.69, 9.17) is 14.9 Å². The minimum Gasteiger partial charge on any atom is -0.430 e. The predicted octanol–water partition coefficient (Wildman–Crippen LogP) is 5.65. The number of aliphatic hydroxyl groups excluding tert-OH is 2. The van der Waals surface area contributed by atoms with E-state index < -0.39 is 35.8 Å². The highest BCUT2D eigenvalue weighted by molar-refractivity contribution is 5.77. The van der Waals surface area contributed by atoms with Gasteiger partial charge in [-0.25, -0.2) is 0 Å². The zero-order valence-electron chi connectivity index (χ0n) is 22.4. The number of rotatable bonds is 12. The van der Waals surface area contributed by atoms with E-state index in [-0.39, 0.29) is 11.8 Å². The van der Waals surface area contributed by atoms with Crippen LogP contribution in [0.5, 0.6) is 0 Å². The van der Waals surface area contributed by atoms with E-state index in [0.29, 0.717) is 17.6 Å². The van der Waals surface area contributed by atoms with Gasteiger partial charge in [0.25, 0.3) is 0 Å². The smallest absolute Gasteiger partial charge is 0.321 e. The zero-order valence-corrected chi connectivity index (χ0v) is 22.4. The van der Waals surface area contributed by atoms with Crippen LogP contribution in [0, 0.1) is 34.5 Å². The van der Waals surface area contributed by atoms with Crippen LogP contribution in [0.2, 0.25) is 0 Å². The van der Waals surface area contributed by atoms with Gasteiger partial charge in [-0.1, -0.05) is 46.0 Å². The lowest BCUT2D eigenvalue weighted by molar-refractivity contribution is -0.172. The Bertz CT molecular complexity index is 714. The molecule has 1 fully saturated rings. The van der Waals surface area contributed by atoms with Gasteiger partial charge < -0.3 is 25.1 Å². The minimum absolute atomic E-state index is 0.123. The third-order valence-corrected chi connectivity index (χ3v) is 7.90. The van der Waals surface area contributed by atoms with E-state index >= 15 is 0 Å². The molecule has 0 aromatic heterocycles. The fraction of sp³-hybridized carbons (Fsp3) is 0.857. The number of nitrogens with one attached hydrogen (secondary N) is 1. The lowest BCUT2D eigenvalue weighted by Gasteiger charge is -2.50. The number of ether oxygens (including phenoxy) is 2. The number of carbonyl (C=O) groups excluding carboxylic acids is 1. The summed E-state index contributed by atoms with van der Waals surface area (Å²) in [6.45, 7) is 11.0. The summed E-state index contributed by atoms with van der Waals surface area (Å²) in [5, 5.41) is 27.5. The SMILES string of the molecule is CCCCCC1C=C(OC(=O)C(C)(CO)CO)C(C2CCCC(C)C2)C(C)(OC(C)(C)C=N)C1. The molecule has 0 aromatic carbocycles. The molecule has 0 amide bonds. The van der Waals surface area contributed by atoms with E-state index in [1.807, 2.05) is 13.8 Å². The molecule has 0 aliphatic heterocycles. The standard InChI is InChI=1S/C28H49NO5/c1-7-8-9-12-21-15-23(33-25(32)27(5,18-30)19-31)24(22-13-10-11-20(2)14-22)28(6,16-21)34-26(3,4)17-29/h15,17,20-22,24,29-31H,7-14,16,18-19H2,1-6H3. The largest absolute Gasteiger partial charge is 0.430 e. The Morgan fingerprint density at radius 2 is 1.91 bits per heavy atom. The molecule has 3 N–H and O–H groups in total. The van der Waals surface area contributed by atoms with Crippen molar-refractivity contribution in [1.82, 2.24) is 0 Å². The number of allylic oxidation sites excluding steroid dienone is 1. The van der Waals surface area contributed by atoms with E-state index in [1.165, 1.54) is 19.6 Å². The number of aliphatic hydroxyl groups is 2. The molecular formula is C28H49NO5. The first kappa shape index (κ1) is 29.0. The maximum Gasteiger partial charge on any atom is 0.321 e. The van der Waals surface area contributed by atoms with Crippen LogP contribution in [0.4, 0.5) is 0 Å². The molecule has 0 aromatic rings. The highest BCUT2D eigenvalue weighted by Crippen LogP contribution is 2.51. The van der Waals surface area contributed by atoms with Gasteiger partial charge in [-0.15, -0.1) is 0 Å². The fourth-order valence-electron chi connectivity index (χ4n) is 5.94. The maximum atomic E-state index is 13.1. The first-order valence-electron chi connectivity index (χ1n) is 13.3. The molecule has 1 saturated carbocycles. The van der Waals surface area contributed by atoms with Gasteiger partial charge >= 0.3 is 5.97 Å².